The molecule has 26 heavy (non-hydrogen) atoms. The second-order valence-electron chi connectivity index (χ2n) is 6.45. The van der Waals surface area contributed by atoms with Gasteiger partial charge in [0.1, 0.15) is 11.5 Å². The normalized spacial score (nSPS) is 25.4. The minimum absolute atomic E-state index is 0.150. The van der Waals surface area contributed by atoms with E-state index >= 15 is 0 Å². The first kappa shape index (κ1) is 22.8. The zero-order valence-corrected chi connectivity index (χ0v) is 16.9. The van der Waals surface area contributed by atoms with E-state index < -0.39 is 29.6 Å². The average molecular weight is 390 g/mol. The molecule has 1 aliphatic rings. The van der Waals surface area contributed by atoms with E-state index in [4.69, 9.17) is 14.2 Å². The molecule has 0 saturated carbocycles. The first-order chi connectivity index (χ1) is 12.3. The van der Waals surface area contributed by atoms with Gasteiger partial charge in [0.05, 0.1) is 6.10 Å². The first-order valence-electron chi connectivity index (χ1n) is 9.19. The summed E-state index contributed by atoms with van der Waals surface area (Å²) in [4.78, 5) is 34.2. The lowest BCUT2D eigenvalue weighted by Gasteiger charge is -2.40. The number of rotatable bonds is 10. The molecule has 0 aromatic rings. The summed E-state index contributed by atoms with van der Waals surface area (Å²) in [6.07, 6.45) is 3.34. The van der Waals surface area contributed by atoms with Crippen LogP contribution in [-0.4, -0.2) is 53.9 Å². The van der Waals surface area contributed by atoms with Gasteiger partial charge >= 0.3 is 11.9 Å². The predicted octanol–water partition coefficient (Wildman–Crippen LogP) is 2.41. The van der Waals surface area contributed by atoms with Gasteiger partial charge in [0.25, 0.3) is 0 Å². The topological polar surface area (TPSA) is 90.9 Å². The Labute approximate surface area is 159 Å². The SMILES string of the molecule is CCCCCCS[C@@H]1O[C@@H](CNC(C)=O)C[C@@H](OC(C)=O)[C@H]1OC(C)=O. The van der Waals surface area contributed by atoms with Crippen molar-refractivity contribution in [2.75, 3.05) is 12.3 Å². The van der Waals surface area contributed by atoms with Crippen LogP contribution < -0.4 is 5.32 Å². The summed E-state index contributed by atoms with van der Waals surface area (Å²) < 4.78 is 16.9. The van der Waals surface area contributed by atoms with Crippen molar-refractivity contribution < 1.29 is 28.6 Å². The number of amides is 1. The van der Waals surface area contributed by atoms with E-state index in [-0.39, 0.29) is 12.0 Å². The van der Waals surface area contributed by atoms with Crippen LogP contribution in [0, 0.1) is 0 Å². The summed E-state index contributed by atoms with van der Waals surface area (Å²) in [7, 11) is 0. The molecular weight excluding hydrogens is 358 g/mol. The molecule has 1 heterocycles. The molecule has 1 amide bonds. The zero-order chi connectivity index (χ0) is 19.5. The van der Waals surface area contributed by atoms with Gasteiger partial charge in [-0.25, -0.2) is 0 Å². The molecule has 0 unspecified atom stereocenters. The fourth-order valence-electron chi connectivity index (χ4n) is 2.79. The van der Waals surface area contributed by atoms with Gasteiger partial charge in [0.15, 0.2) is 6.10 Å². The Morgan fingerprint density at radius 2 is 1.77 bits per heavy atom. The molecular formula is C18H31NO6S. The predicted molar refractivity (Wildman–Crippen MR) is 99.7 cm³/mol. The van der Waals surface area contributed by atoms with E-state index in [0.717, 1.165) is 25.0 Å². The van der Waals surface area contributed by atoms with Gasteiger partial charge in [0.2, 0.25) is 5.91 Å². The number of carbonyl (C=O) groups is 3. The minimum Gasteiger partial charge on any atom is -0.458 e. The number of carbonyl (C=O) groups excluding carboxylic acids is 3. The maximum absolute atomic E-state index is 11.5. The Morgan fingerprint density at radius 3 is 2.35 bits per heavy atom. The molecule has 1 N–H and O–H groups in total. The molecule has 150 valence electrons. The number of hydrogen-bond acceptors (Lipinski definition) is 7. The van der Waals surface area contributed by atoms with Crippen molar-refractivity contribution in [3.63, 3.8) is 0 Å². The standard InChI is InChI=1S/C18H31NO6S/c1-5-6-7-8-9-26-18-17(24-14(4)22)16(23-13(3)21)10-15(25-18)11-19-12(2)20/h15-18H,5-11H2,1-4H3,(H,19,20)/t15-,16-,17-,18+/m1/s1. The molecule has 1 fully saturated rings. The fraction of sp³-hybridized carbons (Fsp3) is 0.833. The highest BCUT2D eigenvalue weighted by Crippen LogP contribution is 2.32. The van der Waals surface area contributed by atoms with E-state index in [1.807, 2.05) is 0 Å². The third-order valence-corrected chi connectivity index (χ3v) is 5.17. The van der Waals surface area contributed by atoms with Crippen LogP contribution in [0.1, 0.15) is 59.8 Å². The van der Waals surface area contributed by atoms with Crippen LogP contribution in [0.25, 0.3) is 0 Å². The lowest BCUT2D eigenvalue weighted by molar-refractivity contribution is -0.192. The Kier molecular flexibility index (Phi) is 10.7. The Morgan fingerprint density at radius 1 is 1.08 bits per heavy atom. The zero-order valence-electron chi connectivity index (χ0n) is 16.1. The van der Waals surface area contributed by atoms with Crippen LogP contribution in [0.5, 0.6) is 0 Å². The quantitative estimate of drug-likeness (QED) is 0.453. The highest BCUT2D eigenvalue weighted by Gasteiger charge is 2.43. The van der Waals surface area contributed by atoms with Crippen LogP contribution in [0.15, 0.2) is 0 Å². The summed E-state index contributed by atoms with van der Waals surface area (Å²) in [5.41, 5.74) is -0.433. The fourth-order valence-corrected chi connectivity index (χ4v) is 4.05. The molecule has 4 atom stereocenters. The van der Waals surface area contributed by atoms with Crippen LogP contribution in [0.4, 0.5) is 0 Å². The Balaban J connectivity index is 2.78. The lowest BCUT2D eigenvalue weighted by Crippen LogP contribution is -2.53. The number of thioether (sulfide) groups is 1. The van der Waals surface area contributed by atoms with Crippen LogP contribution in [0.2, 0.25) is 0 Å². The number of unbranched alkanes of at least 4 members (excludes halogenated alkanes) is 3. The van der Waals surface area contributed by atoms with Crippen molar-refractivity contribution in [2.45, 2.75) is 83.5 Å². The van der Waals surface area contributed by atoms with Crippen LogP contribution in [0.3, 0.4) is 0 Å². The second-order valence-corrected chi connectivity index (χ2v) is 7.66. The van der Waals surface area contributed by atoms with Crippen molar-refractivity contribution >= 4 is 29.6 Å². The first-order valence-corrected chi connectivity index (χ1v) is 10.2. The van der Waals surface area contributed by atoms with Crippen molar-refractivity contribution in [1.82, 2.24) is 5.32 Å². The maximum Gasteiger partial charge on any atom is 0.303 e. The van der Waals surface area contributed by atoms with E-state index in [2.05, 4.69) is 12.2 Å². The van der Waals surface area contributed by atoms with E-state index in [1.54, 1.807) is 11.8 Å². The molecule has 1 aliphatic heterocycles. The second kappa shape index (κ2) is 12.2. The minimum atomic E-state index is -0.652. The molecule has 0 aliphatic carbocycles. The highest BCUT2D eigenvalue weighted by atomic mass is 32.2. The third-order valence-electron chi connectivity index (χ3n) is 3.93. The van der Waals surface area contributed by atoms with Gasteiger partial charge in [-0.15, -0.1) is 11.8 Å². The van der Waals surface area contributed by atoms with Gasteiger partial charge in [-0.05, 0) is 12.2 Å². The average Bonchev–Trinajstić information content (AvgIpc) is 2.54. The number of hydrogen-bond donors (Lipinski definition) is 1. The molecule has 0 aromatic heterocycles. The summed E-state index contributed by atoms with van der Waals surface area (Å²) in [5.74, 6) is -0.155. The molecule has 1 rings (SSSR count). The molecule has 1 saturated heterocycles. The molecule has 0 radical (unpaired) electrons. The number of esters is 2. The van der Waals surface area contributed by atoms with Gasteiger partial charge in [-0.3, -0.25) is 14.4 Å². The number of ether oxygens (including phenoxy) is 3. The molecule has 0 bridgehead atoms. The number of nitrogens with one attached hydrogen (secondary N) is 1. The van der Waals surface area contributed by atoms with E-state index in [9.17, 15) is 14.4 Å². The molecule has 8 heteroatoms. The van der Waals surface area contributed by atoms with Crippen LogP contribution >= 0.6 is 11.8 Å². The van der Waals surface area contributed by atoms with E-state index in [1.165, 1.54) is 27.2 Å². The summed E-state index contributed by atoms with van der Waals surface area (Å²) in [5, 5.41) is 2.73. The maximum atomic E-state index is 11.5. The Bertz CT molecular complexity index is 473. The summed E-state index contributed by atoms with van der Waals surface area (Å²) in [6, 6.07) is 0. The monoisotopic (exact) mass is 389 g/mol. The van der Waals surface area contributed by atoms with Crippen molar-refractivity contribution in [1.29, 1.82) is 0 Å². The molecule has 0 aromatic carbocycles. The van der Waals surface area contributed by atoms with Gasteiger partial charge < -0.3 is 19.5 Å². The van der Waals surface area contributed by atoms with E-state index in [0.29, 0.717) is 13.0 Å². The van der Waals surface area contributed by atoms with Gasteiger partial charge in [-0.1, -0.05) is 26.2 Å². The summed E-state index contributed by atoms with van der Waals surface area (Å²) in [6.45, 7) is 6.58. The molecule has 7 nitrogen and oxygen atoms in total. The van der Waals surface area contributed by atoms with Gasteiger partial charge in [-0.2, -0.15) is 0 Å². The third kappa shape index (κ3) is 8.89. The summed E-state index contributed by atoms with van der Waals surface area (Å²) >= 11 is 1.56. The Hall–Kier alpha value is -1.28. The van der Waals surface area contributed by atoms with Crippen molar-refractivity contribution in [2.24, 2.45) is 0 Å². The largest absolute Gasteiger partial charge is 0.458 e. The van der Waals surface area contributed by atoms with Crippen LogP contribution in [-0.2, 0) is 28.6 Å². The highest BCUT2D eigenvalue weighted by molar-refractivity contribution is 7.99. The van der Waals surface area contributed by atoms with Gasteiger partial charge in [0, 0.05) is 33.7 Å². The molecule has 0 spiro atoms. The smallest absolute Gasteiger partial charge is 0.303 e. The van der Waals surface area contributed by atoms with Crippen molar-refractivity contribution in [3.8, 4) is 0 Å². The van der Waals surface area contributed by atoms with Crippen molar-refractivity contribution in [3.05, 3.63) is 0 Å². The lowest BCUT2D eigenvalue weighted by atomic mass is 10.0.